The lowest BCUT2D eigenvalue weighted by Gasteiger charge is -2.22. The lowest BCUT2D eigenvalue weighted by atomic mass is 10.1. The Morgan fingerprint density at radius 2 is 1.77 bits per heavy atom. The lowest BCUT2D eigenvalue weighted by molar-refractivity contribution is -0.384. The number of sulfonamides is 1. The SMILES string of the molecule is CC(C)C(NS(=O)(=O)c1ccc2c(c1)OCCO2)C(=O)OCc1ccc([N+](=O)[O-])cc1. The molecule has 31 heavy (non-hydrogen) atoms. The number of nitro groups is 1. The number of carbonyl (C=O) groups is 1. The van der Waals surface area contributed by atoms with Gasteiger partial charge in [-0.25, -0.2) is 8.42 Å². The largest absolute Gasteiger partial charge is 0.486 e. The van der Waals surface area contributed by atoms with E-state index in [1.807, 2.05) is 0 Å². The smallest absolute Gasteiger partial charge is 0.324 e. The quantitative estimate of drug-likeness (QED) is 0.368. The monoisotopic (exact) mass is 450 g/mol. The summed E-state index contributed by atoms with van der Waals surface area (Å²) in [7, 11) is -4.04. The van der Waals surface area contributed by atoms with Crippen molar-refractivity contribution in [1.82, 2.24) is 4.72 Å². The Balaban J connectivity index is 1.69. The van der Waals surface area contributed by atoms with Gasteiger partial charge >= 0.3 is 5.97 Å². The van der Waals surface area contributed by atoms with E-state index in [0.717, 1.165) is 0 Å². The average molecular weight is 450 g/mol. The fraction of sp³-hybridized carbons (Fsp3) is 0.350. The van der Waals surface area contributed by atoms with Crippen LogP contribution in [0.5, 0.6) is 11.5 Å². The van der Waals surface area contributed by atoms with Gasteiger partial charge < -0.3 is 14.2 Å². The number of nitro benzene ring substituents is 1. The van der Waals surface area contributed by atoms with Crippen LogP contribution in [0, 0.1) is 16.0 Å². The summed E-state index contributed by atoms with van der Waals surface area (Å²) in [5.74, 6) is -0.380. The van der Waals surface area contributed by atoms with Crippen molar-refractivity contribution < 1.29 is 32.3 Å². The molecule has 166 valence electrons. The van der Waals surface area contributed by atoms with Gasteiger partial charge in [-0.05, 0) is 35.7 Å². The van der Waals surface area contributed by atoms with Crippen molar-refractivity contribution in [2.75, 3.05) is 13.2 Å². The van der Waals surface area contributed by atoms with E-state index in [2.05, 4.69) is 4.72 Å². The molecule has 1 atom stereocenters. The van der Waals surface area contributed by atoms with Crippen molar-refractivity contribution in [2.45, 2.75) is 31.4 Å². The Kier molecular flexibility index (Phi) is 6.76. The highest BCUT2D eigenvalue weighted by Crippen LogP contribution is 2.32. The van der Waals surface area contributed by atoms with Crippen LogP contribution in [0.3, 0.4) is 0 Å². The summed E-state index contributed by atoms with van der Waals surface area (Å²) >= 11 is 0. The van der Waals surface area contributed by atoms with E-state index in [9.17, 15) is 23.3 Å². The third kappa shape index (κ3) is 5.50. The molecule has 1 unspecified atom stereocenters. The molecule has 1 N–H and O–H groups in total. The summed E-state index contributed by atoms with van der Waals surface area (Å²) in [6.07, 6.45) is 0. The number of rotatable bonds is 8. The second kappa shape index (κ2) is 9.31. The third-order valence-corrected chi connectivity index (χ3v) is 5.99. The summed E-state index contributed by atoms with van der Waals surface area (Å²) in [5.41, 5.74) is 0.457. The Morgan fingerprint density at radius 3 is 2.39 bits per heavy atom. The van der Waals surface area contributed by atoms with Crippen LogP contribution < -0.4 is 14.2 Å². The molecule has 0 amide bonds. The Bertz CT molecular complexity index is 1070. The van der Waals surface area contributed by atoms with Gasteiger partial charge in [0.05, 0.1) is 9.82 Å². The van der Waals surface area contributed by atoms with Gasteiger partial charge in [-0.3, -0.25) is 14.9 Å². The number of hydrogen-bond acceptors (Lipinski definition) is 8. The Labute approximate surface area is 179 Å². The maximum Gasteiger partial charge on any atom is 0.324 e. The summed E-state index contributed by atoms with van der Waals surface area (Å²) in [6, 6.07) is 8.62. The van der Waals surface area contributed by atoms with Gasteiger partial charge in [-0.15, -0.1) is 0 Å². The summed E-state index contributed by atoms with van der Waals surface area (Å²) in [4.78, 5) is 22.7. The van der Waals surface area contributed by atoms with Crippen molar-refractivity contribution >= 4 is 21.7 Å². The predicted molar refractivity (Wildman–Crippen MR) is 109 cm³/mol. The maximum atomic E-state index is 12.8. The molecular formula is C20H22N2O8S. The molecule has 1 heterocycles. The molecular weight excluding hydrogens is 428 g/mol. The Morgan fingerprint density at radius 1 is 1.13 bits per heavy atom. The van der Waals surface area contributed by atoms with Crippen molar-refractivity contribution in [3.63, 3.8) is 0 Å². The molecule has 11 heteroatoms. The molecule has 1 aliphatic rings. The molecule has 0 saturated carbocycles. The van der Waals surface area contributed by atoms with Gasteiger partial charge in [-0.2, -0.15) is 4.72 Å². The number of esters is 1. The topological polar surface area (TPSA) is 134 Å². The van der Waals surface area contributed by atoms with Crippen LogP contribution in [0.15, 0.2) is 47.4 Å². The third-order valence-electron chi connectivity index (χ3n) is 4.55. The van der Waals surface area contributed by atoms with E-state index in [1.54, 1.807) is 13.8 Å². The highest BCUT2D eigenvalue weighted by atomic mass is 32.2. The van der Waals surface area contributed by atoms with Crippen molar-refractivity contribution in [3.8, 4) is 11.5 Å². The van der Waals surface area contributed by atoms with E-state index in [0.29, 0.717) is 30.3 Å². The first-order chi connectivity index (χ1) is 14.7. The van der Waals surface area contributed by atoms with Gasteiger partial charge in [0, 0.05) is 18.2 Å². The standard InChI is InChI=1S/C20H22N2O8S/c1-13(2)19(20(23)30-12-14-3-5-15(6-4-14)22(24)25)21-31(26,27)16-7-8-17-18(11-16)29-10-9-28-17/h3-8,11,13,19,21H,9-10,12H2,1-2H3. The van der Waals surface area contributed by atoms with E-state index >= 15 is 0 Å². The highest BCUT2D eigenvalue weighted by molar-refractivity contribution is 7.89. The maximum absolute atomic E-state index is 12.8. The molecule has 0 spiro atoms. The van der Waals surface area contributed by atoms with Gasteiger partial charge in [0.1, 0.15) is 25.9 Å². The zero-order valence-electron chi connectivity index (χ0n) is 16.9. The molecule has 0 bridgehead atoms. The normalized spacial score (nSPS) is 14.2. The van der Waals surface area contributed by atoms with E-state index in [4.69, 9.17) is 14.2 Å². The van der Waals surface area contributed by atoms with Crippen LogP contribution in [0.25, 0.3) is 0 Å². The van der Waals surface area contributed by atoms with Gasteiger partial charge in [0.15, 0.2) is 11.5 Å². The zero-order valence-corrected chi connectivity index (χ0v) is 17.8. The van der Waals surface area contributed by atoms with Crippen LogP contribution in [0.2, 0.25) is 0 Å². The van der Waals surface area contributed by atoms with Crippen molar-refractivity contribution in [1.29, 1.82) is 0 Å². The first kappa shape index (κ1) is 22.5. The minimum Gasteiger partial charge on any atom is -0.486 e. The number of non-ortho nitro benzene ring substituents is 1. The zero-order chi connectivity index (χ0) is 22.6. The van der Waals surface area contributed by atoms with Crippen LogP contribution in [0.1, 0.15) is 19.4 Å². The second-order valence-electron chi connectivity index (χ2n) is 7.18. The number of fused-ring (bicyclic) bond motifs is 1. The fourth-order valence-electron chi connectivity index (χ4n) is 2.84. The van der Waals surface area contributed by atoms with Crippen LogP contribution in [0.4, 0.5) is 5.69 Å². The summed E-state index contributed by atoms with van der Waals surface area (Å²) < 4.78 is 44.1. The van der Waals surface area contributed by atoms with Gasteiger partial charge in [0.25, 0.3) is 5.69 Å². The van der Waals surface area contributed by atoms with Gasteiger partial charge in [-0.1, -0.05) is 13.8 Å². The van der Waals surface area contributed by atoms with E-state index in [-0.39, 0.29) is 17.2 Å². The fourth-order valence-corrected chi connectivity index (χ4v) is 4.19. The predicted octanol–water partition coefficient (Wildman–Crippen LogP) is 2.41. The molecule has 0 aliphatic carbocycles. The minimum atomic E-state index is -4.04. The number of carbonyl (C=O) groups excluding carboxylic acids is 1. The molecule has 0 saturated heterocycles. The average Bonchev–Trinajstić information content (AvgIpc) is 2.75. The first-order valence-electron chi connectivity index (χ1n) is 9.49. The van der Waals surface area contributed by atoms with E-state index < -0.39 is 32.9 Å². The van der Waals surface area contributed by atoms with Crippen molar-refractivity contribution in [2.24, 2.45) is 5.92 Å². The molecule has 10 nitrogen and oxygen atoms in total. The second-order valence-corrected chi connectivity index (χ2v) is 8.89. The highest BCUT2D eigenvalue weighted by Gasteiger charge is 2.30. The number of nitrogens with one attached hydrogen (secondary N) is 1. The van der Waals surface area contributed by atoms with Crippen molar-refractivity contribution in [3.05, 3.63) is 58.1 Å². The summed E-state index contributed by atoms with van der Waals surface area (Å²) in [6.45, 7) is 3.92. The molecule has 0 fully saturated rings. The molecule has 0 radical (unpaired) electrons. The number of benzene rings is 2. The van der Waals surface area contributed by atoms with E-state index in [1.165, 1.54) is 42.5 Å². The molecule has 2 aromatic carbocycles. The minimum absolute atomic E-state index is 0.0643. The van der Waals surface area contributed by atoms with Crippen LogP contribution >= 0.6 is 0 Å². The van der Waals surface area contributed by atoms with Crippen LogP contribution in [-0.4, -0.2) is 38.6 Å². The first-order valence-corrected chi connectivity index (χ1v) is 11.0. The van der Waals surface area contributed by atoms with Crippen LogP contribution in [-0.2, 0) is 26.2 Å². The summed E-state index contributed by atoms with van der Waals surface area (Å²) in [5, 5.41) is 10.7. The lowest BCUT2D eigenvalue weighted by Crippen LogP contribution is -2.45. The molecule has 1 aliphatic heterocycles. The number of ether oxygens (including phenoxy) is 3. The van der Waals surface area contributed by atoms with Gasteiger partial charge in [0.2, 0.25) is 10.0 Å². The molecule has 2 aromatic rings. The number of hydrogen-bond donors (Lipinski definition) is 1. The number of nitrogens with zero attached hydrogens (tertiary/aromatic N) is 1. The molecule has 0 aromatic heterocycles. The molecule has 3 rings (SSSR count). The Hall–Kier alpha value is -3.18.